The Morgan fingerprint density at radius 1 is 1.33 bits per heavy atom. The number of hydrogen-bond acceptors (Lipinski definition) is 4. The number of carbonyl (C=O) groups excluding carboxylic acids is 1. The molecule has 1 atom stereocenters. The smallest absolute Gasteiger partial charge is 0.258 e. The molecule has 1 fully saturated rings. The third-order valence-electron chi connectivity index (χ3n) is 4.33. The van der Waals surface area contributed by atoms with E-state index in [9.17, 15) is 9.59 Å². The molecule has 0 radical (unpaired) electrons. The lowest BCUT2D eigenvalue weighted by Crippen LogP contribution is -2.47. The van der Waals surface area contributed by atoms with Gasteiger partial charge in [0.2, 0.25) is 5.91 Å². The summed E-state index contributed by atoms with van der Waals surface area (Å²) in [6, 6.07) is 9.27. The standard InChI is InChI=1S/C18H22N2O4/c1-23-10-7-15-12-19(9-11-24-15)17(21)13-20-8-6-14-4-2-3-5-16(14)18(20)22/h2-6,8,15H,7,9-13H2,1H3/t15-/m0/s1. The number of morpholine rings is 1. The average molecular weight is 330 g/mol. The SMILES string of the molecule is COCC[C@H]1CN(C(=O)Cn2ccc3ccccc3c2=O)CCO1. The summed E-state index contributed by atoms with van der Waals surface area (Å²) in [4.78, 5) is 26.8. The minimum Gasteiger partial charge on any atom is -0.385 e. The van der Waals surface area contributed by atoms with E-state index in [0.29, 0.717) is 31.7 Å². The topological polar surface area (TPSA) is 60.8 Å². The van der Waals surface area contributed by atoms with Crippen LogP contribution in [0.3, 0.4) is 0 Å². The van der Waals surface area contributed by atoms with Crippen molar-refractivity contribution in [1.82, 2.24) is 9.47 Å². The first kappa shape index (κ1) is 16.7. The highest BCUT2D eigenvalue weighted by Gasteiger charge is 2.24. The van der Waals surface area contributed by atoms with Crippen molar-refractivity contribution >= 4 is 16.7 Å². The van der Waals surface area contributed by atoms with Gasteiger partial charge in [-0.15, -0.1) is 0 Å². The average Bonchev–Trinajstić information content (AvgIpc) is 2.62. The molecule has 0 unspecified atom stereocenters. The zero-order valence-corrected chi connectivity index (χ0v) is 13.8. The first-order valence-corrected chi connectivity index (χ1v) is 8.15. The van der Waals surface area contributed by atoms with Crippen molar-refractivity contribution in [1.29, 1.82) is 0 Å². The molecule has 1 amide bonds. The molecule has 128 valence electrons. The van der Waals surface area contributed by atoms with Gasteiger partial charge < -0.3 is 18.9 Å². The van der Waals surface area contributed by atoms with Crippen molar-refractivity contribution in [3.8, 4) is 0 Å². The van der Waals surface area contributed by atoms with Crippen LogP contribution in [0.1, 0.15) is 6.42 Å². The number of pyridine rings is 1. The zero-order chi connectivity index (χ0) is 16.9. The minimum absolute atomic E-state index is 0.00373. The Labute approximate surface area is 140 Å². The monoisotopic (exact) mass is 330 g/mol. The van der Waals surface area contributed by atoms with Gasteiger partial charge in [-0.05, 0) is 23.9 Å². The third kappa shape index (κ3) is 3.66. The van der Waals surface area contributed by atoms with Gasteiger partial charge in [-0.3, -0.25) is 9.59 Å². The predicted octanol–water partition coefficient (Wildman–Crippen LogP) is 1.27. The second-order valence-electron chi connectivity index (χ2n) is 5.95. The molecule has 1 saturated heterocycles. The molecule has 1 aromatic heterocycles. The van der Waals surface area contributed by atoms with E-state index in [-0.39, 0.29) is 24.1 Å². The van der Waals surface area contributed by atoms with Gasteiger partial charge in [0.15, 0.2) is 0 Å². The lowest BCUT2D eigenvalue weighted by atomic mass is 10.2. The van der Waals surface area contributed by atoms with E-state index >= 15 is 0 Å². The van der Waals surface area contributed by atoms with E-state index in [2.05, 4.69) is 0 Å². The van der Waals surface area contributed by atoms with Gasteiger partial charge in [0, 0.05) is 38.4 Å². The van der Waals surface area contributed by atoms with Gasteiger partial charge in [-0.2, -0.15) is 0 Å². The highest BCUT2D eigenvalue weighted by Crippen LogP contribution is 2.11. The number of rotatable bonds is 5. The quantitative estimate of drug-likeness (QED) is 0.828. The fourth-order valence-electron chi connectivity index (χ4n) is 2.97. The maximum atomic E-state index is 12.6. The summed E-state index contributed by atoms with van der Waals surface area (Å²) in [7, 11) is 1.65. The summed E-state index contributed by atoms with van der Waals surface area (Å²) in [5, 5.41) is 1.52. The van der Waals surface area contributed by atoms with Crippen LogP contribution in [0, 0.1) is 0 Å². The second kappa shape index (κ2) is 7.59. The normalized spacial score (nSPS) is 18.0. The Bertz CT molecular complexity index is 771. The lowest BCUT2D eigenvalue weighted by molar-refractivity contribution is -0.140. The van der Waals surface area contributed by atoms with E-state index < -0.39 is 0 Å². The van der Waals surface area contributed by atoms with Crippen LogP contribution >= 0.6 is 0 Å². The molecule has 6 nitrogen and oxygen atoms in total. The molecule has 0 bridgehead atoms. The molecular formula is C18H22N2O4. The Hall–Kier alpha value is -2.18. The number of amides is 1. The van der Waals surface area contributed by atoms with Crippen LogP contribution in [-0.2, 0) is 20.8 Å². The summed E-state index contributed by atoms with van der Waals surface area (Å²) in [6.45, 7) is 2.29. The number of hydrogen-bond donors (Lipinski definition) is 0. The maximum Gasteiger partial charge on any atom is 0.258 e. The van der Waals surface area contributed by atoms with Gasteiger partial charge in [-0.1, -0.05) is 18.2 Å². The number of ether oxygens (including phenoxy) is 2. The van der Waals surface area contributed by atoms with Crippen molar-refractivity contribution in [3.63, 3.8) is 0 Å². The molecular weight excluding hydrogens is 308 g/mol. The molecule has 0 saturated carbocycles. The van der Waals surface area contributed by atoms with Gasteiger partial charge >= 0.3 is 0 Å². The number of aromatic nitrogens is 1. The summed E-state index contributed by atoms with van der Waals surface area (Å²) in [5.74, 6) is -0.0573. The van der Waals surface area contributed by atoms with Crippen LogP contribution in [0.25, 0.3) is 10.8 Å². The van der Waals surface area contributed by atoms with Gasteiger partial charge in [0.25, 0.3) is 5.56 Å². The summed E-state index contributed by atoms with van der Waals surface area (Å²) in [6.07, 6.45) is 2.44. The fraction of sp³-hybridized carbons (Fsp3) is 0.444. The van der Waals surface area contributed by atoms with E-state index in [4.69, 9.17) is 9.47 Å². The molecule has 1 aliphatic rings. The maximum absolute atomic E-state index is 12.6. The first-order chi connectivity index (χ1) is 11.7. The molecule has 1 aliphatic heterocycles. The highest BCUT2D eigenvalue weighted by molar-refractivity contribution is 5.82. The van der Waals surface area contributed by atoms with Crippen LogP contribution in [0.4, 0.5) is 0 Å². The summed E-state index contributed by atoms with van der Waals surface area (Å²) >= 11 is 0. The van der Waals surface area contributed by atoms with Crippen LogP contribution in [0.2, 0.25) is 0 Å². The van der Waals surface area contributed by atoms with E-state index in [1.165, 1.54) is 4.57 Å². The minimum atomic E-state index is -0.134. The Balaban J connectivity index is 1.70. The van der Waals surface area contributed by atoms with Crippen LogP contribution in [0.5, 0.6) is 0 Å². The molecule has 0 aliphatic carbocycles. The van der Waals surface area contributed by atoms with Gasteiger partial charge in [-0.25, -0.2) is 0 Å². The highest BCUT2D eigenvalue weighted by atomic mass is 16.5. The first-order valence-electron chi connectivity index (χ1n) is 8.15. The molecule has 2 aromatic rings. The predicted molar refractivity (Wildman–Crippen MR) is 91.0 cm³/mol. The second-order valence-corrected chi connectivity index (χ2v) is 5.95. The number of benzene rings is 1. The molecule has 3 rings (SSSR count). The van der Waals surface area contributed by atoms with Crippen LogP contribution in [0.15, 0.2) is 41.3 Å². The van der Waals surface area contributed by atoms with Crippen molar-refractivity contribution in [3.05, 3.63) is 46.9 Å². The third-order valence-corrected chi connectivity index (χ3v) is 4.33. The van der Waals surface area contributed by atoms with Crippen molar-refractivity contribution in [2.24, 2.45) is 0 Å². The molecule has 6 heteroatoms. The van der Waals surface area contributed by atoms with E-state index in [1.54, 1.807) is 24.3 Å². The Kier molecular flexibility index (Phi) is 5.27. The van der Waals surface area contributed by atoms with Gasteiger partial charge in [0.05, 0.1) is 12.7 Å². The van der Waals surface area contributed by atoms with Crippen molar-refractivity contribution in [2.75, 3.05) is 33.4 Å². The lowest BCUT2D eigenvalue weighted by Gasteiger charge is -2.33. The molecule has 24 heavy (non-hydrogen) atoms. The largest absolute Gasteiger partial charge is 0.385 e. The number of nitrogens with zero attached hydrogens (tertiary/aromatic N) is 2. The van der Waals surface area contributed by atoms with Gasteiger partial charge in [0.1, 0.15) is 6.54 Å². The van der Waals surface area contributed by atoms with Crippen molar-refractivity contribution < 1.29 is 14.3 Å². The van der Waals surface area contributed by atoms with Crippen LogP contribution in [-0.4, -0.2) is 54.9 Å². The molecule has 2 heterocycles. The summed E-state index contributed by atoms with van der Waals surface area (Å²) in [5.41, 5.74) is -0.134. The molecule has 0 spiro atoms. The van der Waals surface area contributed by atoms with E-state index in [1.807, 2.05) is 24.3 Å². The Morgan fingerprint density at radius 3 is 3.00 bits per heavy atom. The number of fused-ring (bicyclic) bond motifs is 1. The molecule has 1 aromatic carbocycles. The fourth-order valence-corrected chi connectivity index (χ4v) is 2.97. The Morgan fingerprint density at radius 2 is 2.17 bits per heavy atom. The number of methoxy groups -OCH3 is 1. The van der Waals surface area contributed by atoms with Crippen LogP contribution < -0.4 is 5.56 Å². The van der Waals surface area contributed by atoms with Crippen molar-refractivity contribution in [2.45, 2.75) is 19.1 Å². The zero-order valence-electron chi connectivity index (χ0n) is 13.8. The summed E-state index contributed by atoms with van der Waals surface area (Å²) < 4.78 is 12.2. The number of carbonyl (C=O) groups is 1. The molecule has 0 N–H and O–H groups in total. The van der Waals surface area contributed by atoms with E-state index in [0.717, 1.165) is 11.8 Å².